The van der Waals surface area contributed by atoms with Gasteiger partial charge in [-0.05, 0) is 64.0 Å². The number of aliphatic hydroxyl groups is 1. The molecule has 41 heavy (non-hydrogen) atoms. The third-order valence-corrected chi connectivity index (χ3v) is 9.42. The van der Waals surface area contributed by atoms with Gasteiger partial charge in [0.25, 0.3) is 5.91 Å². The zero-order valence-corrected chi connectivity index (χ0v) is 25.8. The lowest BCUT2D eigenvalue weighted by Crippen LogP contribution is -2.47. The largest absolute Gasteiger partial charge is 0.391 e. The molecule has 0 aromatic carbocycles. The van der Waals surface area contributed by atoms with Crippen molar-refractivity contribution in [2.75, 3.05) is 18.1 Å². The SMILES string of the molecule is CCn1nc(C(=O)NC[C@]2(O)CC[C@@H](S(C)(=O)=O)CC2)c(Cl)c1-c1cnc(NC(C)(C)CC(F)(F)F)cc1C(C)C. The first-order chi connectivity index (χ1) is 18.8. The molecule has 14 heteroatoms. The van der Waals surface area contributed by atoms with E-state index in [1.54, 1.807) is 10.7 Å². The molecule has 2 aromatic heterocycles. The molecule has 0 saturated heterocycles. The fraction of sp³-hybridized carbons (Fsp3) is 0.667. The molecule has 2 aromatic rings. The Morgan fingerprint density at radius 3 is 2.39 bits per heavy atom. The summed E-state index contributed by atoms with van der Waals surface area (Å²) in [5, 5.41) is 20.5. The minimum atomic E-state index is -4.35. The van der Waals surface area contributed by atoms with Gasteiger partial charge >= 0.3 is 6.18 Å². The van der Waals surface area contributed by atoms with Crippen molar-refractivity contribution in [2.24, 2.45) is 0 Å². The highest BCUT2D eigenvalue weighted by Gasteiger charge is 2.38. The van der Waals surface area contributed by atoms with Crippen LogP contribution in [0, 0.1) is 0 Å². The van der Waals surface area contributed by atoms with Gasteiger partial charge in [-0.25, -0.2) is 13.4 Å². The van der Waals surface area contributed by atoms with Crippen LogP contribution in [-0.2, 0) is 16.4 Å². The normalized spacial score (nSPS) is 20.3. The number of hydrogen-bond donors (Lipinski definition) is 3. The Kier molecular flexibility index (Phi) is 9.76. The van der Waals surface area contributed by atoms with Crippen molar-refractivity contribution >= 4 is 33.2 Å². The van der Waals surface area contributed by atoms with Crippen LogP contribution in [0.1, 0.15) is 88.7 Å². The van der Waals surface area contributed by atoms with Crippen LogP contribution in [0.25, 0.3) is 11.3 Å². The molecule has 2 heterocycles. The second kappa shape index (κ2) is 12.1. The number of pyridine rings is 1. The lowest BCUT2D eigenvalue weighted by Gasteiger charge is -2.35. The van der Waals surface area contributed by atoms with Gasteiger partial charge in [0.1, 0.15) is 15.7 Å². The number of hydrogen-bond acceptors (Lipinski definition) is 7. The van der Waals surface area contributed by atoms with E-state index < -0.39 is 44.7 Å². The molecule has 3 rings (SSSR count). The Balaban J connectivity index is 1.85. The van der Waals surface area contributed by atoms with Gasteiger partial charge in [-0.15, -0.1) is 0 Å². The lowest BCUT2D eigenvalue weighted by molar-refractivity contribution is -0.142. The molecule has 0 unspecified atom stereocenters. The van der Waals surface area contributed by atoms with E-state index in [0.717, 1.165) is 5.56 Å². The van der Waals surface area contributed by atoms with Crippen LogP contribution in [-0.4, -0.2) is 69.6 Å². The van der Waals surface area contributed by atoms with Crippen molar-refractivity contribution in [3.63, 3.8) is 0 Å². The summed E-state index contributed by atoms with van der Waals surface area (Å²) in [6, 6.07) is 1.68. The van der Waals surface area contributed by atoms with E-state index in [0.29, 0.717) is 30.6 Å². The molecule has 0 aliphatic heterocycles. The number of amides is 1. The fourth-order valence-corrected chi connectivity index (χ4v) is 6.66. The second-order valence-electron chi connectivity index (χ2n) is 11.9. The van der Waals surface area contributed by atoms with Crippen molar-refractivity contribution in [3.05, 3.63) is 28.5 Å². The predicted octanol–water partition coefficient (Wildman–Crippen LogP) is 5.33. The highest BCUT2D eigenvalue weighted by Crippen LogP contribution is 2.38. The minimum Gasteiger partial charge on any atom is -0.388 e. The molecule has 1 amide bonds. The van der Waals surface area contributed by atoms with E-state index in [1.165, 1.54) is 26.3 Å². The Bertz CT molecular complexity index is 1370. The van der Waals surface area contributed by atoms with Gasteiger partial charge in [0, 0.05) is 36.6 Å². The lowest BCUT2D eigenvalue weighted by atomic mass is 9.84. The van der Waals surface area contributed by atoms with Gasteiger partial charge < -0.3 is 15.7 Å². The number of halogens is 4. The molecule has 9 nitrogen and oxygen atoms in total. The van der Waals surface area contributed by atoms with Crippen molar-refractivity contribution in [1.29, 1.82) is 0 Å². The molecule has 1 aliphatic rings. The van der Waals surface area contributed by atoms with Crippen molar-refractivity contribution in [2.45, 2.75) is 102 Å². The number of carbonyl (C=O) groups excluding carboxylic acids is 1. The van der Waals surface area contributed by atoms with Gasteiger partial charge in [-0.3, -0.25) is 9.48 Å². The topological polar surface area (TPSA) is 126 Å². The number of carbonyl (C=O) groups is 1. The van der Waals surface area contributed by atoms with Crippen LogP contribution in [0.15, 0.2) is 12.3 Å². The van der Waals surface area contributed by atoms with Crippen LogP contribution in [0.5, 0.6) is 0 Å². The van der Waals surface area contributed by atoms with Crippen LogP contribution in [0.3, 0.4) is 0 Å². The highest BCUT2D eigenvalue weighted by molar-refractivity contribution is 7.91. The van der Waals surface area contributed by atoms with E-state index in [2.05, 4.69) is 20.7 Å². The Labute approximate surface area is 244 Å². The average Bonchev–Trinajstić information content (AvgIpc) is 3.16. The molecular formula is C27H39ClF3N5O4S. The third kappa shape index (κ3) is 8.35. The number of aryl methyl sites for hydroxylation is 1. The van der Waals surface area contributed by atoms with E-state index in [9.17, 15) is 31.5 Å². The second-order valence-corrected chi connectivity index (χ2v) is 14.6. The van der Waals surface area contributed by atoms with Crippen molar-refractivity contribution in [3.8, 4) is 11.3 Å². The summed E-state index contributed by atoms with van der Waals surface area (Å²) in [5.74, 6) is -0.375. The highest BCUT2D eigenvalue weighted by atomic mass is 35.5. The van der Waals surface area contributed by atoms with E-state index >= 15 is 0 Å². The molecule has 230 valence electrons. The van der Waals surface area contributed by atoms with Gasteiger partial charge in [-0.1, -0.05) is 25.4 Å². The number of nitrogens with one attached hydrogen (secondary N) is 2. The summed E-state index contributed by atoms with van der Waals surface area (Å²) in [6.07, 6.45) is -1.60. The van der Waals surface area contributed by atoms with Crippen LogP contribution >= 0.6 is 11.6 Å². The Hall–Kier alpha value is -2.38. The number of alkyl halides is 3. The quantitative estimate of drug-likeness (QED) is 0.327. The molecule has 1 saturated carbocycles. The molecule has 3 N–H and O–H groups in total. The molecular weight excluding hydrogens is 583 g/mol. The summed E-state index contributed by atoms with van der Waals surface area (Å²) in [6.45, 7) is 8.87. The summed E-state index contributed by atoms with van der Waals surface area (Å²) < 4.78 is 64.3. The van der Waals surface area contributed by atoms with E-state index in [4.69, 9.17) is 11.6 Å². The van der Waals surface area contributed by atoms with E-state index in [-0.39, 0.29) is 41.8 Å². The smallest absolute Gasteiger partial charge is 0.388 e. The standard InChI is InChI=1S/C27H39ClF3N5O4S/c1-7-36-23(19-13-32-20(12-18(19)16(2)3)34-25(4,5)14-27(29,30)31)21(28)22(35-36)24(37)33-15-26(38)10-8-17(9-11-26)41(6,39)40/h12-13,16-17,38H,7-11,14-15H2,1-6H3,(H,32,34)(H,33,37)/t17-,26+. The van der Waals surface area contributed by atoms with Crippen LogP contribution in [0.2, 0.25) is 5.02 Å². The summed E-state index contributed by atoms with van der Waals surface area (Å²) in [7, 11) is -3.20. The van der Waals surface area contributed by atoms with Crippen LogP contribution in [0.4, 0.5) is 19.0 Å². The van der Waals surface area contributed by atoms with E-state index in [1.807, 2.05) is 20.8 Å². The Morgan fingerprint density at radius 1 is 1.27 bits per heavy atom. The van der Waals surface area contributed by atoms with Crippen LogP contribution < -0.4 is 10.6 Å². The molecule has 1 aliphatic carbocycles. The first-order valence-electron chi connectivity index (χ1n) is 13.6. The predicted molar refractivity (Wildman–Crippen MR) is 153 cm³/mol. The van der Waals surface area contributed by atoms with Gasteiger partial charge in [-0.2, -0.15) is 18.3 Å². The maximum atomic E-state index is 13.1. The number of sulfone groups is 1. The van der Waals surface area contributed by atoms with Crippen molar-refractivity contribution < 1.29 is 31.5 Å². The molecule has 0 radical (unpaired) electrons. The number of aromatic nitrogens is 3. The fourth-order valence-electron chi connectivity index (χ4n) is 5.24. The monoisotopic (exact) mass is 621 g/mol. The summed E-state index contributed by atoms with van der Waals surface area (Å²) >= 11 is 6.72. The first-order valence-corrected chi connectivity index (χ1v) is 15.9. The number of rotatable bonds is 10. The molecule has 0 spiro atoms. The number of nitrogens with zero attached hydrogens (tertiary/aromatic N) is 3. The maximum Gasteiger partial charge on any atom is 0.391 e. The summed E-state index contributed by atoms with van der Waals surface area (Å²) in [4.78, 5) is 17.5. The maximum absolute atomic E-state index is 13.1. The third-order valence-electron chi connectivity index (χ3n) is 7.38. The molecule has 1 fully saturated rings. The average molecular weight is 622 g/mol. The minimum absolute atomic E-state index is 0.0415. The molecule has 0 atom stereocenters. The number of anilines is 1. The zero-order valence-electron chi connectivity index (χ0n) is 24.2. The van der Waals surface area contributed by atoms with Gasteiger partial charge in [0.05, 0.1) is 28.0 Å². The van der Waals surface area contributed by atoms with Gasteiger partial charge in [0.2, 0.25) is 0 Å². The zero-order chi connectivity index (χ0) is 31.0. The van der Waals surface area contributed by atoms with Crippen molar-refractivity contribution in [1.82, 2.24) is 20.1 Å². The summed E-state index contributed by atoms with van der Waals surface area (Å²) in [5.41, 5.74) is -0.773. The molecule has 0 bridgehead atoms. The van der Waals surface area contributed by atoms with Gasteiger partial charge in [0.15, 0.2) is 5.69 Å². The Morgan fingerprint density at radius 2 is 1.88 bits per heavy atom. The first kappa shape index (κ1) is 33.1.